The lowest BCUT2D eigenvalue weighted by Gasteiger charge is -2.07. The molecule has 0 unspecified atom stereocenters. The molecule has 2 aromatic rings. The normalized spacial score (nSPS) is 10.2. The monoisotopic (exact) mass is 368 g/mol. The van der Waals surface area contributed by atoms with E-state index in [2.05, 4.69) is 31.9 Å². The van der Waals surface area contributed by atoms with Gasteiger partial charge in [-0.1, -0.05) is 31.9 Å². The van der Waals surface area contributed by atoms with E-state index in [1.54, 1.807) is 13.2 Å². The lowest BCUT2D eigenvalue weighted by molar-refractivity contribution is 0.112. The molecule has 0 atom stereocenters. The van der Waals surface area contributed by atoms with Crippen LogP contribution in [0.1, 0.15) is 10.4 Å². The number of methoxy groups -OCH3 is 1. The minimum atomic E-state index is 0.637. The third-order valence-electron chi connectivity index (χ3n) is 2.50. The third kappa shape index (κ3) is 3.00. The molecule has 0 spiro atoms. The number of carbonyl (C=O) groups excluding carboxylic acids is 1. The molecule has 0 amide bonds. The van der Waals surface area contributed by atoms with Crippen LogP contribution in [0, 0.1) is 0 Å². The second kappa shape index (κ2) is 5.67. The Morgan fingerprint density at radius 2 is 1.56 bits per heavy atom. The third-order valence-corrected chi connectivity index (χ3v) is 3.41. The van der Waals surface area contributed by atoms with Crippen molar-refractivity contribution in [1.29, 1.82) is 0 Å². The molecule has 92 valence electrons. The Kier molecular flexibility index (Phi) is 4.19. The maximum atomic E-state index is 10.9. The molecule has 4 heteroatoms. The number of benzene rings is 2. The number of hydrogen-bond acceptors (Lipinski definition) is 2. The number of carbonyl (C=O) groups is 1. The highest BCUT2D eigenvalue weighted by Gasteiger charge is 2.05. The van der Waals surface area contributed by atoms with Crippen molar-refractivity contribution < 1.29 is 9.53 Å². The molecule has 0 heterocycles. The summed E-state index contributed by atoms with van der Waals surface area (Å²) in [6, 6.07) is 11.4. The van der Waals surface area contributed by atoms with Crippen LogP contribution in [0.3, 0.4) is 0 Å². The summed E-state index contributed by atoms with van der Waals surface area (Å²) in [4.78, 5) is 10.9. The summed E-state index contributed by atoms with van der Waals surface area (Å²) in [5.74, 6) is 0.770. The minimum absolute atomic E-state index is 0.637. The summed E-state index contributed by atoms with van der Waals surface area (Å²) >= 11 is 6.85. The Bertz CT molecular complexity index is 594. The lowest BCUT2D eigenvalue weighted by Crippen LogP contribution is -1.87. The smallest absolute Gasteiger partial charge is 0.150 e. The van der Waals surface area contributed by atoms with Crippen LogP contribution in [0.2, 0.25) is 0 Å². The molecule has 0 aliphatic carbocycles. The van der Waals surface area contributed by atoms with Gasteiger partial charge in [0.2, 0.25) is 0 Å². The summed E-state index contributed by atoms with van der Waals surface area (Å²) in [6.07, 6.45) is 0.837. The fourth-order valence-corrected chi connectivity index (χ4v) is 2.68. The Labute approximate surface area is 122 Å². The molecule has 0 saturated heterocycles. The molecule has 0 bridgehead atoms. The first kappa shape index (κ1) is 13.3. The van der Waals surface area contributed by atoms with Gasteiger partial charge in [0.05, 0.1) is 7.11 Å². The Hall–Kier alpha value is -1.13. The van der Waals surface area contributed by atoms with Gasteiger partial charge in [-0.3, -0.25) is 4.79 Å². The Morgan fingerprint density at radius 1 is 0.944 bits per heavy atom. The van der Waals surface area contributed by atoms with Crippen molar-refractivity contribution in [2.24, 2.45) is 0 Å². The molecule has 0 radical (unpaired) electrons. The standard InChI is InChI=1S/C14H10Br2O2/c1-18-14-6-11(5-13(16)7-14)10-2-9(8-17)3-12(15)4-10/h2-8H,1H3. The van der Waals surface area contributed by atoms with Crippen molar-refractivity contribution in [2.75, 3.05) is 7.11 Å². The maximum Gasteiger partial charge on any atom is 0.150 e. The summed E-state index contributed by atoms with van der Waals surface area (Å²) in [5.41, 5.74) is 2.59. The van der Waals surface area contributed by atoms with Crippen molar-refractivity contribution in [3.63, 3.8) is 0 Å². The van der Waals surface area contributed by atoms with E-state index >= 15 is 0 Å². The largest absolute Gasteiger partial charge is 0.497 e. The van der Waals surface area contributed by atoms with Crippen LogP contribution in [0.5, 0.6) is 5.75 Å². The van der Waals surface area contributed by atoms with Crippen molar-refractivity contribution in [2.45, 2.75) is 0 Å². The number of halogens is 2. The van der Waals surface area contributed by atoms with Crippen molar-refractivity contribution >= 4 is 38.1 Å². The molecule has 0 fully saturated rings. The fourth-order valence-electron chi connectivity index (χ4n) is 1.69. The molecule has 2 rings (SSSR count). The van der Waals surface area contributed by atoms with Crippen molar-refractivity contribution in [3.8, 4) is 16.9 Å². The van der Waals surface area contributed by atoms with Gasteiger partial charge in [-0.2, -0.15) is 0 Å². The number of aldehydes is 1. The first-order chi connectivity index (χ1) is 8.62. The highest BCUT2D eigenvalue weighted by molar-refractivity contribution is 9.10. The Morgan fingerprint density at radius 3 is 2.17 bits per heavy atom. The topological polar surface area (TPSA) is 26.3 Å². The average molecular weight is 370 g/mol. The van der Waals surface area contributed by atoms with Crippen LogP contribution in [-0.2, 0) is 0 Å². The lowest BCUT2D eigenvalue weighted by atomic mass is 10.0. The van der Waals surface area contributed by atoms with Crippen LogP contribution >= 0.6 is 31.9 Å². The molecule has 0 N–H and O–H groups in total. The van der Waals surface area contributed by atoms with Crippen molar-refractivity contribution in [1.82, 2.24) is 0 Å². The van der Waals surface area contributed by atoms with Gasteiger partial charge in [-0.05, 0) is 47.5 Å². The number of rotatable bonds is 3. The summed E-state index contributed by atoms with van der Waals surface area (Å²) < 4.78 is 7.04. The second-order valence-corrected chi connectivity index (χ2v) is 5.60. The van der Waals surface area contributed by atoms with Gasteiger partial charge in [0.15, 0.2) is 0 Å². The second-order valence-electron chi connectivity index (χ2n) is 3.77. The zero-order valence-corrected chi connectivity index (χ0v) is 12.8. The van der Waals surface area contributed by atoms with Gasteiger partial charge < -0.3 is 4.74 Å². The van der Waals surface area contributed by atoms with E-state index in [0.717, 1.165) is 32.1 Å². The van der Waals surface area contributed by atoms with Crippen LogP contribution in [-0.4, -0.2) is 13.4 Å². The molecule has 2 nitrogen and oxygen atoms in total. The Balaban J connectivity index is 2.57. The van der Waals surface area contributed by atoms with Crippen LogP contribution < -0.4 is 4.74 Å². The zero-order valence-electron chi connectivity index (χ0n) is 9.61. The quantitative estimate of drug-likeness (QED) is 0.733. The van der Waals surface area contributed by atoms with E-state index in [9.17, 15) is 4.79 Å². The molecule has 0 aliphatic rings. The summed E-state index contributed by atoms with van der Waals surface area (Å²) in [5, 5.41) is 0. The number of hydrogen-bond donors (Lipinski definition) is 0. The maximum absolute atomic E-state index is 10.9. The number of ether oxygens (including phenoxy) is 1. The van der Waals surface area contributed by atoms with Gasteiger partial charge in [0.1, 0.15) is 12.0 Å². The predicted molar refractivity (Wildman–Crippen MR) is 79.2 cm³/mol. The zero-order chi connectivity index (χ0) is 13.1. The fraction of sp³-hybridized carbons (Fsp3) is 0.0714. The van der Waals surface area contributed by atoms with Gasteiger partial charge in [-0.25, -0.2) is 0 Å². The summed E-state index contributed by atoms with van der Waals surface area (Å²) in [7, 11) is 1.63. The van der Waals surface area contributed by atoms with Crippen molar-refractivity contribution in [3.05, 3.63) is 50.9 Å². The predicted octanol–water partition coefficient (Wildman–Crippen LogP) is 4.70. The van der Waals surface area contributed by atoms with Crippen LogP contribution in [0.15, 0.2) is 45.3 Å². The van der Waals surface area contributed by atoms with E-state index in [1.165, 1.54) is 0 Å². The van der Waals surface area contributed by atoms with E-state index in [0.29, 0.717) is 5.56 Å². The highest BCUT2D eigenvalue weighted by atomic mass is 79.9. The highest BCUT2D eigenvalue weighted by Crippen LogP contribution is 2.30. The SMILES string of the molecule is COc1cc(Br)cc(-c2cc(Br)cc(C=O)c2)c1. The molecule has 0 saturated carbocycles. The average Bonchev–Trinajstić information content (AvgIpc) is 2.37. The van der Waals surface area contributed by atoms with E-state index in [-0.39, 0.29) is 0 Å². The summed E-state index contributed by atoms with van der Waals surface area (Å²) in [6.45, 7) is 0. The van der Waals surface area contributed by atoms with Crippen LogP contribution in [0.25, 0.3) is 11.1 Å². The van der Waals surface area contributed by atoms with E-state index in [4.69, 9.17) is 4.74 Å². The first-order valence-electron chi connectivity index (χ1n) is 5.23. The van der Waals surface area contributed by atoms with E-state index in [1.807, 2.05) is 30.3 Å². The molecule has 0 aliphatic heterocycles. The van der Waals surface area contributed by atoms with Gasteiger partial charge in [0, 0.05) is 14.5 Å². The molecule has 2 aromatic carbocycles. The molecular weight excluding hydrogens is 360 g/mol. The van der Waals surface area contributed by atoms with Crippen LogP contribution in [0.4, 0.5) is 0 Å². The van der Waals surface area contributed by atoms with E-state index < -0.39 is 0 Å². The van der Waals surface area contributed by atoms with Gasteiger partial charge in [0.25, 0.3) is 0 Å². The van der Waals surface area contributed by atoms with Gasteiger partial charge in [-0.15, -0.1) is 0 Å². The molecule has 0 aromatic heterocycles. The molecular formula is C14H10Br2O2. The van der Waals surface area contributed by atoms with Gasteiger partial charge >= 0.3 is 0 Å². The minimum Gasteiger partial charge on any atom is -0.497 e. The first-order valence-corrected chi connectivity index (χ1v) is 6.81. The molecule has 18 heavy (non-hydrogen) atoms.